The van der Waals surface area contributed by atoms with Crippen molar-refractivity contribution in [3.05, 3.63) is 12.7 Å². The van der Waals surface area contributed by atoms with E-state index in [1.807, 2.05) is 0 Å². The van der Waals surface area contributed by atoms with Gasteiger partial charge in [0.05, 0.1) is 6.61 Å². The molecule has 0 atom stereocenters. The standard InChI is InChI=1S/C5H8O3.C4HN3O3/c1-2-5(7)8-4-3-6;8-1-5-4(6-2-9)7-3-10/h2,6H,1,3-4H2;4H. The van der Waals surface area contributed by atoms with E-state index in [1.54, 1.807) is 0 Å². The summed E-state index contributed by atoms with van der Waals surface area (Å²) in [6.07, 6.45) is 2.88. The number of aliphatic hydroxyl groups excluding tert-OH is 1. The zero-order valence-corrected chi connectivity index (χ0v) is 9.11. The van der Waals surface area contributed by atoms with Gasteiger partial charge < -0.3 is 9.84 Å². The van der Waals surface area contributed by atoms with Crippen LogP contribution in [-0.4, -0.2) is 48.8 Å². The second-order valence-electron chi connectivity index (χ2n) is 2.10. The van der Waals surface area contributed by atoms with Gasteiger partial charge in [-0.1, -0.05) is 6.58 Å². The van der Waals surface area contributed by atoms with E-state index in [9.17, 15) is 19.2 Å². The first kappa shape index (κ1) is 17.7. The number of carbonyl (C=O) groups is 1. The Morgan fingerprint density at radius 3 is 1.94 bits per heavy atom. The van der Waals surface area contributed by atoms with E-state index in [0.29, 0.717) is 0 Å². The first-order valence-electron chi connectivity index (χ1n) is 4.27. The van der Waals surface area contributed by atoms with E-state index in [4.69, 9.17) is 5.11 Å². The minimum Gasteiger partial charge on any atom is -0.460 e. The number of esters is 1. The molecule has 0 aromatic carbocycles. The molecule has 0 unspecified atom stereocenters. The monoisotopic (exact) mass is 255 g/mol. The number of hydrogen-bond acceptors (Lipinski definition) is 9. The lowest BCUT2D eigenvalue weighted by Crippen LogP contribution is -2.04. The molecule has 18 heavy (non-hydrogen) atoms. The first-order valence-corrected chi connectivity index (χ1v) is 4.27. The number of ether oxygens (including phenoxy) is 1. The summed E-state index contributed by atoms with van der Waals surface area (Å²) in [7, 11) is 0. The van der Waals surface area contributed by atoms with Crippen molar-refractivity contribution in [2.75, 3.05) is 13.2 Å². The third-order valence-electron chi connectivity index (χ3n) is 1.01. The first-order chi connectivity index (χ1) is 8.65. The number of isocyanates is 3. The summed E-state index contributed by atoms with van der Waals surface area (Å²) in [6.45, 7) is 3.06. The number of aliphatic imine (C=N–C) groups is 3. The number of rotatable bonds is 6. The summed E-state index contributed by atoms with van der Waals surface area (Å²) < 4.78 is 4.33. The summed E-state index contributed by atoms with van der Waals surface area (Å²) in [4.78, 5) is 47.1. The van der Waals surface area contributed by atoms with Crippen molar-refractivity contribution in [3.8, 4) is 0 Å². The molecule has 0 heterocycles. The number of aliphatic hydroxyl groups is 1. The number of carbonyl (C=O) groups excluding carboxylic acids is 4. The van der Waals surface area contributed by atoms with Crippen LogP contribution < -0.4 is 0 Å². The van der Waals surface area contributed by atoms with Crippen LogP contribution in [0.15, 0.2) is 27.6 Å². The van der Waals surface area contributed by atoms with Crippen molar-refractivity contribution < 1.29 is 29.0 Å². The van der Waals surface area contributed by atoms with Crippen molar-refractivity contribution >= 4 is 24.2 Å². The van der Waals surface area contributed by atoms with Crippen LogP contribution in [0.1, 0.15) is 0 Å². The quantitative estimate of drug-likeness (QED) is 0.279. The molecule has 96 valence electrons. The van der Waals surface area contributed by atoms with E-state index in [0.717, 1.165) is 24.3 Å². The molecule has 0 bridgehead atoms. The Kier molecular flexibility index (Phi) is 14.1. The average Bonchev–Trinajstić information content (AvgIpc) is 2.37. The van der Waals surface area contributed by atoms with E-state index < -0.39 is 12.3 Å². The highest BCUT2D eigenvalue weighted by atomic mass is 16.5. The summed E-state index contributed by atoms with van der Waals surface area (Å²) in [5.74, 6) is -0.501. The van der Waals surface area contributed by atoms with Crippen LogP contribution in [-0.2, 0) is 23.9 Å². The molecule has 0 saturated carbocycles. The summed E-state index contributed by atoms with van der Waals surface area (Å²) >= 11 is 0. The molecule has 0 fully saturated rings. The maximum absolute atomic E-state index is 10.1. The fourth-order valence-corrected chi connectivity index (χ4v) is 0.433. The van der Waals surface area contributed by atoms with Crippen molar-refractivity contribution in [2.24, 2.45) is 15.0 Å². The van der Waals surface area contributed by atoms with E-state index in [1.165, 1.54) is 0 Å². The normalized spacial score (nSPS) is 8.94. The molecule has 0 spiro atoms. The maximum atomic E-state index is 10.1. The number of nitrogens with zero attached hydrogens (tertiary/aromatic N) is 3. The molecular formula is C9H9N3O6. The van der Waals surface area contributed by atoms with Gasteiger partial charge in [0.25, 0.3) is 6.29 Å². The molecule has 0 aliphatic rings. The Morgan fingerprint density at radius 2 is 1.67 bits per heavy atom. The molecular weight excluding hydrogens is 246 g/mol. The minimum absolute atomic E-state index is 0.0465. The summed E-state index contributed by atoms with van der Waals surface area (Å²) in [5.41, 5.74) is 0. The average molecular weight is 255 g/mol. The topological polar surface area (TPSA) is 135 Å². The van der Waals surface area contributed by atoms with Gasteiger partial charge in [0, 0.05) is 6.08 Å². The Bertz CT molecular complexity index is 360. The van der Waals surface area contributed by atoms with E-state index in [2.05, 4.69) is 26.3 Å². The highest BCUT2D eigenvalue weighted by Gasteiger charge is 1.96. The predicted octanol–water partition coefficient (Wildman–Crippen LogP) is -1.01. The molecule has 0 aromatic heterocycles. The Morgan fingerprint density at radius 1 is 1.22 bits per heavy atom. The van der Waals surface area contributed by atoms with Crippen molar-refractivity contribution in [1.82, 2.24) is 0 Å². The van der Waals surface area contributed by atoms with Gasteiger partial charge in [-0.15, -0.1) is 0 Å². The van der Waals surface area contributed by atoms with Gasteiger partial charge in [0.1, 0.15) is 6.61 Å². The SMILES string of the molecule is C=CC(=O)OCCO.O=C=NC(N=C=O)N=C=O. The second-order valence-corrected chi connectivity index (χ2v) is 2.10. The second kappa shape index (κ2) is 14.3. The van der Waals surface area contributed by atoms with Gasteiger partial charge in [-0.25, -0.2) is 19.2 Å². The molecule has 0 saturated heterocycles. The van der Waals surface area contributed by atoms with E-state index >= 15 is 0 Å². The molecule has 0 aromatic rings. The van der Waals surface area contributed by atoms with Gasteiger partial charge >= 0.3 is 5.97 Å². The zero-order valence-electron chi connectivity index (χ0n) is 9.11. The molecule has 0 aliphatic heterocycles. The third kappa shape index (κ3) is 13.3. The van der Waals surface area contributed by atoms with Gasteiger partial charge in [0.15, 0.2) is 0 Å². The van der Waals surface area contributed by atoms with Crippen LogP contribution >= 0.6 is 0 Å². The summed E-state index contributed by atoms with van der Waals surface area (Å²) in [5, 5.41) is 8.10. The lowest BCUT2D eigenvalue weighted by atomic mass is 10.6. The van der Waals surface area contributed by atoms with Crippen LogP contribution in [0, 0.1) is 0 Å². The fourth-order valence-electron chi connectivity index (χ4n) is 0.433. The van der Waals surface area contributed by atoms with Crippen LogP contribution in [0.5, 0.6) is 0 Å². The van der Waals surface area contributed by atoms with Crippen LogP contribution in [0.25, 0.3) is 0 Å². The van der Waals surface area contributed by atoms with E-state index in [-0.39, 0.29) is 13.2 Å². The smallest absolute Gasteiger partial charge is 0.330 e. The predicted molar refractivity (Wildman–Crippen MR) is 56.4 cm³/mol. The molecule has 0 amide bonds. The Labute approximate surface area is 101 Å². The molecule has 9 nitrogen and oxygen atoms in total. The maximum Gasteiger partial charge on any atom is 0.330 e. The molecule has 0 aliphatic carbocycles. The van der Waals surface area contributed by atoms with Crippen LogP contribution in [0.4, 0.5) is 0 Å². The highest BCUT2D eigenvalue weighted by molar-refractivity contribution is 5.81. The van der Waals surface area contributed by atoms with Crippen molar-refractivity contribution in [1.29, 1.82) is 0 Å². The van der Waals surface area contributed by atoms with Gasteiger partial charge in [-0.3, -0.25) is 0 Å². The number of hydrogen-bond donors (Lipinski definition) is 1. The lowest BCUT2D eigenvalue weighted by Gasteiger charge is -1.94. The van der Waals surface area contributed by atoms with Gasteiger partial charge in [-0.05, 0) is 0 Å². The van der Waals surface area contributed by atoms with Crippen LogP contribution in [0.2, 0.25) is 0 Å². The third-order valence-corrected chi connectivity index (χ3v) is 1.01. The zero-order chi connectivity index (χ0) is 14.2. The fraction of sp³-hybridized carbons (Fsp3) is 0.333. The molecule has 0 rings (SSSR count). The Balaban J connectivity index is 0. The largest absolute Gasteiger partial charge is 0.460 e. The Hall–Kier alpha value is -2.69. The summed E-state index contributed by atoms with van der Waals surface area (Å²) in [6, 6.07) is 0. The minimum atomic E-state index is -1.37. The van der Waals surface area contributed by atoms with Crippen molar-refractivity contribution in [3.63, 3.8) is 0 Å². The highest BCUT2D eigenvalue weighted by Crippen LogP contribution is 1.89. The lowest BCUT2D eigenvalue weighted by molar-refractivity contribution is -0.138. The van der Waals surface area contributed by atoms with Gasteiger partial charge in [-0.2, -0.15) is 15.0 Å². The molecule has 0 radical (unpaired) electrons. The van der Waals surface area contributed by atoms with Crippen LogP contribution in [0.3, 0.4) is 0 Å². The van der Waals surface area contributed by atoms with Crippen molar-refractivity contribution in [2.45, 2.75) is 6.29 Å². The van der Waals surface area contributed by atoms with Gasteiger partial charge in [0.2, 0.25) is 18.2 Å². The molecule has 1 N–H and O–H groups in total. The molecule has 9 heteroatoms.